The lowest BCUT2D eigenvalue weighted by molar-refractivity contribution is -0.115. The molecule has 3 N–H and O–H groups in total. The number of hydrogen-bond acceptors (Lipinski definition) is 4. The molecule has 140 valence electrons. The van der Waals surface area contributed by atoms with E-state index in [1.54, 1.807) is 35.3 Å². The van der Waals surface area contributed by atoms with Gasteiger partial charge in [0.1, 0.15) is 0 Å². The van der Waals surface area contributed by atoms with E-state index in [0.29, 0.717) is 24.3 Å². The zero-order chi connectivity index (χ0) is 19.1. The number of amides is 3. The third kappa shape index (κ3) is 5.57. The molecule has 0 aliphatic carbocycles. The standard InChI is InChI=1S/C19H25N3O3S/c1-4-18(24)21-17-11-15(7-5-13(17)2)20-19(25)22(9-10-23)12-16-8-6-14(3)26-16/h5-8,11,23H,4,9-10,12H2,1-3H3,(H,20,25)(H,21,24). The summed E-state index contributed by atoms with van der Waals surface area (Å²) in [5, 5.41) is 14.9. The number of aryl methyl sites for hydroxylation is 2. The Kier molecular flexibility index (Phi) is 7.17. The molecule has 0 fully saturated rings. The van der Waals surface area contributed by atoms with Gasteiger partial charge in [0, 0.05) is 34.1 Å². The van der Waals surface area contributed by atoms with Crippen molar-refractivity contribution in [2.75, 3.05) is 23.8 Å². The van der Waals surface area contributed by atoms with Crippen LogP contribution >= 0.6 is 11.3 Å². The molecule has 0 saturated heterocycles. The van der Waals surface area contributed by atoms with Gasteiger partial charge in [-0.3, -0.25) is 4.79 Å². The highest BCUT2D eigenvalue weighted by Gasteiger charge is 2.15. The summed E-state index contributed by atoms with van der Waals surface area (Å²) in [6.07, 6.45) is 0.389. The second-order valence-electron chi connectivity index (χ2n) is 6.02. The number of rotatable bonds is 7. The van der Waals surface area contributed by atoms with Crippen molar-refractivity contribution < 1.29 is 14.7 Å². The largest absolute Gasteiger partial charge is 0.395 e. The van der Waals surface area contributed by atoms with Crippen LogP contribution in [0.4, 0.5) is 16.2 Å². The van der Waals surface area contributed by atoms with E-state index >= 15 is 0 Å². The summed E-state index contributed by atoms with van der Waals surface area (Å²) in [7, 11) is 0. The van der Waals surface area contributed by atoms with Crippen molar-refractivity contribution in [3.63, 3.8) is 0 Å². The topological polar surface area (TPSA) is 81.7 Å². The molecule has 0 atom stereocenters. The quantitative estimate of drug-likeness (QED) is 0.689. The summed E-state index contributed by atoms with van der Waals surface area (Å²) in [5.74, 6) is -0.0773. The number of aliphatic hydroxyl groups excluding tert-OH is 1. The van der Waals surface area contributed by atoms with Crippen molar-refractivity contribution in [1.82, 2.24) is 4.90 Å². The third-order valence-corrected chi connectivity index (χ3v) is 4.87. The number of thiophene rings is 1. The van der Waals surface area contributed by atoms with Gasteiger partial charge in [-0.1, -0.05) is 13.0 Å². The van der Waals surface area contributed by atoms with Crippen molar-refractivity contribution in [3.05, 3.63) is 45.6 Å². The number of carbonyl (C=O) groups excluding carboxylic acids is 2. The first-order chi connectivity index (χ1) is 12.4. The Labute approximate surface area is 157 Å². The van der Waals surface area contributed by atoms with Crippen molar-refractivity contribution >= 4 is 34.6 Å². The summed E-state index contributed by atoms with van der Waals surface area (Å²) < 4.78 is 0. The smallest absolute Gasteiger partial charge is 0.322 e. The van der Waals surface area contributed by atoms with Crippen LogP contribution in [-0.2, 0) is 11.3 Å². The van der Waals surface area contributed by atoms with Gasteiger partial charge >= 0.3 is 6.03 Å². The van der Waals surface area contributed by atoms with Crippen molar-refractivity contribution in [3.8, 4) is 0 Å². The van der Waals surface area contributed by atoms with Crippen LogP contribution in [0.3, 0.4) is 0 Å². The second kappa shape index (κ2) is 9.35. The fourth-order valence-corrected chi connectivity index (χ4v) is 3.31. The van der Waals surface area contributed by atoms with Crippen LogP contribution in [0, 0.1) is 13.8 Å². The van der Waals surface area contributed by atoms with E-state index in [0.717, 1.165) is 10.4 Å². The monoisotopic (exact) mass is 375 g/mol. The normalized spacial score (nSPS) is 10.5. The first-order valence-corrected chi connectivity index (χ1v) is 9.37. The van der Waals surface area contributed by atoms with Crippen LogP contribution in [0.2, 0.25) is 0 Å². The Balaban J connectivity index is 2.10. The van der Waals surface area contributed by atoms with Crippen LogP contribution in [0.25, 0.3) is 0 Å². The first-order valence-electron chi connectivity index (χ1n) is 8.55. The molecule has 7 heteroatoms. The molecule has 1 aromatic heterocycles. The van der Waals surface area contributed by atoms with Gasteiger partial charge in [-0.2, -0.15) is 0 Å². The summed E-state index contributed by atoms with van der Waals surface area (Å²) in [6.45, 7) is 6.28. The van der Waals surface area contributed by atoms with E-state index in [9.17, 15) is 14.7 Å². The number of nitrogens with one attached hydrogen (secondary N) is 2. The molecule has 2 aromatic rings. The SMILES string of the molecule is CCC(=O)Nc1cc(NC(=O)N(CCO)Cc2ccc(C)s2)ccc1C. The maximum atomic E-state index is 12.6. The molecule has 1 aromatic carbocycles. The zero-order valence-electron chi connectivity index (χ0n) is 15.3. The predicted molar refractivity (Wildman–Crippen MR) is 106 cm³/mol. The third-order valence-electron chi connectivity index (χ3n) is 3.88. The van der Waals surface area contributed by atoms with E-state index < -0.39 is 0 Å². The minimum Gasteiger partial charge on any atom is -0.395 e. The number of urea groups is 1. The summed E-state index contributed by atoms with van der Waals surface area (Å²) in [6, 6.07) is 9.09. The van der Waals surface area contributed by atoms with E-state index in [-0.39, 0.29) is 25.1 Å². The Bertz CT molecular complexity index is 773. The second-order valence-corrected chi connectivity index (χ2v) is 7.39. The molecule has 0 spiro atoms. The molecule has 0 unspecified atom stereocenters. The van der Waals surface area contributed by atoms with Crippen molar-refractivity contribution in [1.29, 1.82) is 0 Å². The molecular weight excluding hydrogens is 350 g/mol. The lowest BCUT2D eigenvalue weighted by Crippen LogP contribution is -2.36. The molecule has 0 aliphatic rings. The summed E-state index contributed by atoms with van der Waals surface area (Å²) in [5.41, 5.74) is 2.20. The average molecular weight is 375 g/mol. The van der Waals surface area contributed by atoms with Gasteiger partial charge in [0.25, 0.3) is 0 Å². The molecule has 6 nitrogen and oxygen atoms in total. The van der Waals surface area contributed by atoms with Crippen LogP contribution < -0.4 is 10.6 Å². The zero-order valence-corrected chi connectivity index (χ0v) is 16.2. The van der Waals surface area contributed by atoms with Crippen LogP contribution in [0.1, 0.15) is 28.7 Å². The van der Waals surface area contributed by atoms with Crippen LogP contribution in [0.5, 0.6) is 0 Å². The maximum absolute atomic E-state index is 12.6. The molecule has 0 radical (unpaired) electrons. The highest BCUT2D eigenvalue weighted by atomic mass is 32.1. The van der Waals surface area contributed by atoms with Gasteiger partial charge in [0.2, 0.25) is 5.91 Å². The highest BCUT2D eigenvalue weighted by molar-refractivity contribution is 7.11. The fourth-order valence-electron chi connectivity index (χ4n) is 2.41. The average Bonchev–Trinajstić information content (AvgIpc) is 3.02. The molecule has 0 saturated carbocycles. The maximum Gasteiger partial charge on any atom is 0.322 e. The Morgan fingerprint density at radius 2 is 1.92 bits per heavy atom. The van der Waals surface area contributed by atoms with Crippen molar-refractivity contribution in [2.45, 2.75) is 33.7 Å². The number of nitrogens with zero attached hydrogens (tertiary/aromatic N) is 1. The molecule has 1 heterocycles. The Hall–Kier alpha value is -2.38. The molecule has 2 rings (SSSR count). The van der Waals surface area contributed by atoms with Gasteiger partial charge in [-0.25, -0.2) is 4.79 Å². The van der Waals surface area contributed by atoms with Gasteiger partial charge in [-0.15, -0.1) is 11.3 Å². The number of anilines is 2. The fraction of sp³-hybridized carbons (Fsp3) is 0.368. The van der Waals surface area contributed by atoms with E-state index in [4.69, 9.17) is 0 Å². The molecular formula is C19H25N3O3S. The Morgan fingerprint density at radius 1 is 1.15 bits per heavy atom. The Morgan fingerprint density at radius 3 is 2.54 bits per heavy atom. The minimum absolute atomic E-state index is 0.0773. The number of benzene rings is 1. The highest BCUT2D eigenvalue weighted by Crippen LogP contribution is 2.22. The first kappa shape index (κ1) is 19.9. The number of aliphatic hydroxyl groups is 1. The number of carbonyl (C=O) groups is 2. The molecule has 3 amide bonds. The van der Waals surface area contributed by atoms with E-state index in [1.165, 1.54) is 4.88 Å². The van der Waals surface area contributed by atoms with Crippen LogP contribution in [-0.4, -0.2) is 35.1 Å². The summed E-state index contributed by atoms with van der Waals surface area (Å²) >= 11 is 1.63. The summed E-state index contributed by atoms with van der Waals surface area (Å²) in [4.78, 5) is 28.0. The van der Waals surface area contributed by atoms with E-state index in [2.05, 4.69) is 10.6 Å². The predicted octanol–water partition coefficient (Wildman–Crippen LogP) is 3.74. The van der Waals surface area contributed by atoms with Gasteiger partial charge < -0.3 is 20.6 Å². The molecule has 0 bridgehead atoms. The lowest BCUT2D eigenvalue weighted by Gasteiger charge is -2.22. The molecule has 26 heavy (non-hydrogen) atoms. The number of hydrogen-bond donors (Lipinski definition) is 3. The van der Waals surface area contributed by atoms with Gasteiger partial charge in [0.15, 0.2) is 0 Å². The van der Waals surface area contributed by atoms with E-state index in [1.807, 2.05) is 32.0 Å². The van der Waals surface area contributed by atoms with Gasteiger partial charge in [0.05, 0.1) is 13.2 Å². The minimum atomic E-state index is -0.290. The molecule has 0 aliphatic heterocycles. The lowest BCUT2D eigenvalue weighted by atomic mass is 10.1. The van der Waals surface area contributed by atoms with Gasteiger partial charge in [-0.05, 0) is 43.7 Å². The van der Waals surface area contributed by atoms with Crippen LogP contribution in [0.15, 0.2) is 30.3 Å². The van der Waals surface area contributed by atoms with Crippen molar-refractivity contribution in [2.24, 2.45) is 0 Å².